The van der Waals surface area contributed by atoms with E-state index in [0.29, 0.717) is 20.8 Å². The van der Waals surface area contributed by atoms with Gasteiger partial charge in [0.1, 0.15) is 5.69 Å². The molecule has 21 heavy (non-hydrogen) atoms. The SMILES string of the molecule is CC(Nc1cc(Cl)ccc1[N+](=O)[O-])c1cc(Cl)ccc1Cl. The molecule has 1 atom stereocenters. The lowest BCUT2D eigenvalue weighted by molar-refractivity contribution is -0.384. The smallest absolute Gasteiger partial charge is 0.292 e. The van der Waals surface area contributed by atoms with Crippen LogP contribution in [0.2, 0.25) is 15.1 Å². The summed E-state index contributed by atoms with van der Waals surface area (Å²) in [5.74, 6) is 0. The summed E-state index contributed by atoms with van der Waals surface area (Å²) in [6, 6.07) is 9.16. The number of benzene rings is 2. The summed E-state index contributed by atoms with van der Waals surface area (Å²) in [4.78, 5) is 10.6. The predicted molar refractivity (Wildman–Crippen MR) is 86.6 cm³/mol. The van der Waals surface area contributed by atoms with Crippen LogP contribution in [0.15, 0.2) is 36.4 Å². The highest BCUT2D eigenvalue weighted by molar-refractivity contribution is 6.33. The first kappa shape index (κ1) is 15.9. The van der Waals surface area contributed by atoms with Gasteiger partial charge in [-0.15, -0.1) is 0 Å². The average Bonchev–Trinajstić information content (AvgIpc) is 2.41. The van der Waals surface area contributed by atoms with Crippen LogP contribution in [0.5, 0.6) is 0 Å². The summed E-state index contributed by atoms with van der Waals surface area (Å²) < 4.78 is 0. The molecular formula is C14H11Cl3N2O2. The Bertz CT molecular complexity index is 692. The van der Waals surface area contributed by atoms with Crippen LogP contribution in [-0.2, 0) is 0 Å². The van der Waals surface area contributed by atoms with Gasteiger partial charge in [0.2, 0.25) is 0 Å². The van der Waals surface area contributed by atoms with E-state index in [1.54, 1.807) is 18.2 Å². The molecule has 0 aliphatic rings. The van der Waals surface area contributed by atoms with Crippen LogP contribution >= 0.6 is 34.8 Å². The van der Waals surface area contributed by atoms with Crippen molar-refractivity contribution >= 4 is 46.2 Å². The highest BCUT2D eigenvalue weighted by Crippen LogP contribution is 2.33. The topological polar surface area (TPSA) is 55.2 Å². The normalized spacial score (nSPS) is 12.0. The Labute approximate surface area is 136 Å². The van der Waals surface area contributed by atoms with Gasteiger partial charge in [-0.3, -0.25) is 10.1 Å². The lowest BCUT2D eigenvalue weighted by atomic mass is 10.1. The average molecular weight is 346 g/mol. The number of hydrogen-bond acceptors (Lipinski definition) is 3. The minimum absolute atomic E-state index is 0.0515. The number of rotatable bonds is 4. The number of anilines is 1. The van der Waals surface area contributed by atoms with Crippen molar-refractivity contribution in [2.75, 3.05) is 5.32 Å². The van der Waals surface area contributed by atoms with Gasteiger partial charge in [0.15, 0.2) is 0 Å². The van der Waals surface area contributed by atoms with E-state index in [0.717, 1.165) is 5.56 Å². The fourth-order valence-corrected chi connectivity index (χ4v) is 2.57. The molecule has 110 valence electrons. The van der Waals surface area contributed by atoms with Gasteiger partial charge in [-0.25, -0.2) is 0 Å². The molecule has 2 aromatic carbocycles. The zero-order chi connectivity index (χ0) is 15.6. The molecule has 0 aliphatic heterocycles. The fraction of sp³-hybridized carbons (Fsp3) is 0.143. The fourth-order valence-electron chi connectivity index (χ4n) is 1.94. The summed E-state index contributed by atoms with van der Waals surface area (Å²) in [5.41, 5.74) is 1.03. The maximum atomic E-state index is 11.0. The van der Waals surface area contributed by atoms with E-state index in [9.17, 15) is 10.1 Å². The van der Waals surface area contributed by atoms with Gasteiger partial charge in [-0.05, 0) is 42.8 Å². The van der Waals surface area contributed by atoms with Crippen LogP contribution in [0.4, 0.5) is 11.4 Å². The van der Waals surface area contributed by atoms with E-state index in [-0.39, 0.29) is 11.7 Å². The first-order valence-electron chi connectivity index (χ1n) is 6.04. The molecular weight excluding hydrogens is 335 g/mol. The van der Waals surface area contributed by atoms with Crippen molar-refractivity contribution in [3.63, 3.8) is 0 Å². The predicted octanol–water partition coefficient (Wildman–Crippen LogP) is 5.73. The molecule has 0 radical (unpaired) electrons. The number of nitro groups is 1. The maximum absolute atomic E-state index is 11.0. The summed E-state index contributed by atoms with van der Waals surface area (Å²) in [6.07, 6.45) is 0. The summed E-state index contributed by atoms with van der Waals surface area (Å²) in [7, 11) is 0. The van der Waals surface area contributed by atoms with Gasteiger partial charge in [0.25, 0.3) is 5.69 Å². The first-order chi connectivity index (χ1) is 9.88. The first-order valence-corrected chi connectivity index (χ1v) is 7.17. The molecule has 0 amide bonds. The summed E-state index contributed by atoms with van der Waals surface area (Å²) in [5, 5.41) is 15.6. The minimum atomic E-state index is -0.467. The lowest BCUT2D eigenvalue weighted by Crippen LogP contribution is -2.09. The van der Waals surface area contributed by atoms with Crippen LogP contribution in [0.25, 0.3) is 0 Å². The van der Waals surface area contributed by atoms with Gasteiger partial charge >= 0.3 is 0 Å². The zero-order valence-corrected chi connectivity index (χ0v) is 13.2. The molecule has 0 saturated carbocycles. The van der Waals surface area contributed by atoms with Gasteiger partial charge in [0, 0.05) is 21.1 Å². The van der Waals surface area contributed by atoms with E-state index in [1.807, 2.05) is 6.92 Å². The van der Waals surface area contributed by atoms with Crippen LogP contribution < -0.4 is 5.32 Å². The molecule has 1 N–H and O–H groups in total. The second-order valence-corrected chi connectivity index (χ2v) is 5.73. The Morgan fingerprint density at radius 1 is 1.10 bits per heavy atom. The molecule has 2 aromatic rings. The third-order valence-corrected chi connectivity index (χ3v) is 3.77. The quantitative estimate of drug-likeness (QED) is 0.569. The minimum Gasteiger partial charge on any atom is -0.373 e. The van der Waals surface area contributed by atoms with Crippen molar-refractivity contribution in [2.45, 2.75) is 13.0 Å². The number of nitrogens with one attached hydrogen (secondary N) is 1. The van der Waals surface area contributed by atoms with Crippen molar-refractivity contribution in [1.29, 1.82) is 0 Å². The Morgan fingerprint density at radius 3 is 2.38 bits per heavy atom. The van der Waals surface area contributed by atoms with Gasteiger partial charge in [0.05, 0.1) is 11.0 Å². The van der Waals surface area contributed by atoms with Crippen LogP contribution in [-0.4, -0.2) is 4.92 Å². The monoisotopic (exact) mass is 344 g/mol. The van der Waals surface area contributed by atoms with E-state index in [1.165, 1.54) is 18.2 Å². The molecule has 0 heterocycles. The summed E-state index contributed by atoms with van der Waals surface area (Å²) in [6.45, 7) is 1.84. The van der Waals surface area contributed by atoms with Crippen molar-refractivity contribution < 1.29 is 4.92 Å². The summed E-state index contributed by atoms with van der Waals surface area (Å²) >= 11 is 18.0. The third-order valence-electron chi connectivity index (χ3n) is 2.95. The largest absolute Gasteiger partial charge is 0.373 e. The number of hydrogen-bond donors (Lipinski definition) is 1. The maximum Gasteiger partial charge on any atom is 0.292 e. The molecule has 0 aliphatic carbocycles. The standard InChI is InChI=1S/C14H11Cl3N2O2/c1-8(11-6-9(15)2-4-12(11)17)18-13-7-10(16)3-5-14(13)19(20)21/h2-8,18H,1H3. The second-order valence-electron chi connectivity index (χ2n) is 4.45. The second kappa shape index (κ2) is 6.52. The van der Waals surface area contributed by atoms with Crippen molar-refractivity contribution in [1.82, 2.24) is 0 Å². The molecule has 0 aromatic heterocycles. The molecule has 2 rings (SSSR count). The molecule has 4 nitrogen and oxygen atoms in total. The van der Waals surface area contributed by atoms with Crippen molar-refractivity contribution in [2.24, 2.45) is 0 Å². The van der Waals surface area contributed by atoms with Gasteiger partial charge in [-0.1, -0.05) is 34.8 Å². The molecule has 0 spiro atoms. The van der Waals surface area contributed by atoms with E-state index in [2.05, 4.69) is 5.32 Å². The zero-order valence-electron chi connectivity index (χ0n) is 10.9. The molecule has 1 unspecified atom stereocenters. The van der Waals surface area contributed by atoms with Crippen molar-refractivity contribution in [3.05, 3.63) is 67.1 Å². The molecule has 0 saturated heterocycles. The Kier molecular flexibility index (Phi) is 4.93. The number of nitrogens with zero attached hydrogens (tertiary/aromatic N) is 1. The Morgan fingerprint density at radius 2 is 1.71 bits per heavy atom. The molecule has 7 heteroatoms. The highest BCUT2D eigenvalue weighted by Gasteiger charge is 2.18. The van der Waals surface area contributed by atoms with E-state index >= 15 is 0 Å². The molecule has 0 fully saturated rings. The molecule has 0 bridgehead atoms. The third kappa shape index (κ3) is 3.79. The Hall–Kier alpha value is -1.49. The van der Waals surface area contributed by atoms with E-state index < -0.39 is 4.92 Å². The van der Waals surface area contributed by atoms with Gasteiger partial charge in [-0.2, -0.15) is 0 Å². The number of halogens is 3. The number of nitro benzene ring substituents is 1. The highest BCUT2D eigenvalue weighted by atomic mass is 35.5. The van der Waals surface area contributed by atoms with Gasteiger partial charge < -0.3 is 5.32 Å². The van der Waals surface area contributed by atoms with Crippen LogP contribution in [0, 0.1) is 10.1 Å². The van der Waals surface area contributed by atoms with Crippen molar-refractivity contribution in [3.8, 4) is 0 Å². The van der Waals surface area contributed by atoms with Crippen LogP contribution in [0.1, 0.15) is 18.5 Å². The van der Waals surface area contributed by atoms with E-state index in [4.69, 9.17) is 34.8 Å². The Balaban J connectivity index is 2.35. The van der Waals surface area contributed by atoms with Crippen LogP contribution in [0.3, 0.4) is 0 Å². The lowest BCUT2D eigenvalue weighted by Gasteiger charge is -2.17.